The van der Waals surface area contributed by atoms with Gasteiger partial charge in [0.2, 0.25) is 11.8 Å². The summed E-state index contributed by atoms with van der Waals surface area (Å²) < 4.78 is 0. The molecule has 19 heavy (non-hydrogen) atoms. The minimum Gasteiger partial charge on any atom is -0.390 e. The highest BCUT2D eigenvalue weighted by Gasteiger charge is 2.30. The summed E-state index contributed by atoms with van der Waals surface area (Å²) in [4.78, 5) is 24.5. The number of aliphatic hydroxyl groups is 1. The van der Waals surface area contributed by atoms with Gasteiger partial charge in [0, 0.05) is 25.1 Å². The van der Waals surface area contributed by atoms with Gasteiger partial charge in [0.1, 0.15) is 0 Å². The molecule has 1 aromatic rings. The lowest BCUT2D eigenvalue weighted by atomic mass is 10.2. The molecule has 2 amide bonds. The number of nitrogens with zero attached hydrogens (tertiary/aromatic N) is 1. The van der Waals surface area contributed by atoms with Crippen LogP contribution in [0, 0.1) is 0 Å². The van der Waals surface area contributed by atoms with Crippen LogP contribution in [0.3, 0.4) is 0 Å². The van der Waals surface area contributed by atoms with E-state index in [-0.39, 0.29) is 30.5 Å². The van der Waals surface area contributed by atoms with Crippen molar-refractivity contribution in [3.05, 3.63) is 24.3 Å². The summed E-state index contributed by atoms with van der Waals surface area (Å²) in [6, 6.07) is 6.98. The lowest BCUT2D eigenvalue weighted by molar-refractivity contribution is -0.121. The van der Waals surface area contributed by atoms with E-state index in [0.29, 0.717) is 12.2 Å². The molecule has 1 aliphatic rings. The maximum Gasteiger partial charge on any atom is 0.234 e. The molecule has 2 rings (SSSR count). The van der Waals surface area contributed by atoms with E-state index >= 15 is 0 Å². The third kappa shape index (κ3) is 3.24. The maximum absolute atomic E-state index is 11.6. The predicted molar refractivity (Wildman–Crippen MR) is 73.4 cm³/mol. The molecule has 6 heteroatoms. The second-order valence-corrected chi connectivity index (χ2v) is 4.67. The van der Waals surface area contributed by atoms with E-state index in [1.165, 1.54) is 4.90 Å². The van der Waals surface area contributed by atoms with Crippen LogP contribution in [0.15, 0.2) is 24.3 Å². The molecule has 102 valence electrons. The van der Waals surface area contributed by atoms with Crippen LogP contribution in [-0.2, 0) is 9.59 Å². The van der Waals surface area contributed by atoms with Gasteiger partial charge in [-0.2, -0.15) is 0 Å². The smallest absolute Gasteiger partial charge is 0.234 e. The van der Waals surface area contributed by atoms with Crippen molar-refractivity contribution in [2.45, 2.75) is 18.9 Å². The van der Waals surface area contributed by atoms with Gasteiger partial charge in [0.15, 0.2) is 0 Å². The third-order valence-corrected chi connectivity index (χ3v) is 3.23. The zero-order valence-corrected chi connectivity index (χ0v) is 11.1. The minimum atomic E-state index is -0.639. The average molecular weight is 283 g/mol. The van der Waals surface area contributed by atoms with Crippen LogP contribution in [0.25, 0.3) is 0 Å². The van der Waals surface area contributed by atoms with Crippen LogP contribution in [0.5, 0.6) is 0 Å². The average Bonchev–Trinajstić information content (AvgIpc) is 2.75. The molecular formula is C13H15ClN2O3. The molecular weight excluding hydrogens is 268 g/mol. The van der Waals surface area contributed by atoms with E-state index in [1.807, 2.05) is 0 Å². The second kappa shape index (κ2) is 6.04. The first-order chi connectivity index (χ1) is 9.11. The van der Waals surface area contributed by atoms with Crippen molar-refractivity contribution in [2.75, 3.05) is 22.6 Å². The summed E-state index contributed by atoms with van der Waals surface area (Å²) in [5.41, 5.74) is 1.28. The van der Waals surface area contributed by atoms with E-state index in [9.17, 15) is 14.7 Å². The molecule has 1 saturated heterocycles. The van der Waals surface area contributed by atoms with Gasteiger partial charge < -0.3 is 10.4 Å². The number of benzene rings is 1. The number of hydrogen-bond acceptors (Lipinski definition) is 4. The topological polar surface area (TPSA) is 69.6 Å². The first-order valence-corrected chi connectivity index (χ1v) is 6.59. The Balaban J connectivity index is 2.11. The van der Waals surface area contributed by atoms with E-state index in [4.69, 9.17) is 11.6 Å². The van der Waals surface area contributed by atoms with Crippen molar-refractivity contribution in [1.29, 1.82) is 0 Å². The Hall–Kier alpha value is -1.59. The summed E-state index contributed by atoms with van der Waals surface area (Å²) in [6.45, 7) is 0.314. The fraction of sp³-hybridized carbons (Fsp3) is 0.385. The van der Waals surface area contributed by atoms with Crippen molar-refractivity contribution in [3.63, 3.8) is 0 Å². The monoisotopic (exact) mass is 282 g/mol. The van der Waals surface area contributed by atoms with Crippen LogP contribution in [0.4, 0.5) is 11.4 Å². The molecule has 0 aromatic heterocycles. The quantitative estimate of drug-likeness (QED) is 0.632. The molecule has 1 atom stereocenters. The molecule has 2 N–H and O–H groups in total. The van der Waals surface area contributed by atoms with Crippen molar-refractivity contribution >= 4 is 34.8 Å². The fourth-order valence-electron chi connectivity index (χ4n) is 1.91. The van der Waals surface area contributed by atoms with Crippen LogP contribution in [0.2, 0.25) is 0 Å². The first-order valence-electron chi connectivity index (χ1n) is 6.05. The largest absolute Gasteiger partial charge is 0.390 e. The highest BCUT2D eigenvalue weighted by Crippen LogP contribution is 2.25. The molecule has 0 bridgehead atoms. The van der Waals surface area contributed by atoms with E-state index in [0.717, 1.165) is 5.69 Å². The van der Waals surface area contributed by atoms with E-state index < -0.39 is 6.10 Å². The van der Waals surface area contributed by atoms with E-state index in [2.05, 4.69) is 5.32 Å². The van der Waals surface area contributed by atoms with Crippen LogP contribution < -0.4 is 10.2 Å². The summed E-state index contributed by atoms with van der Waals surface area (Å²) in [5.74, 6) is -0.207. The Labute approximate surface area is 116 Å². The third-order valence-electron chi connectivity index (χ3n) is 2.88. The fourth-order valence-corrected chi connectivity index (χ4v) is 2.02. The van der Waals surface area contributed by atoms with Gasteiger partial charge >= 0.3 is 0 Å². The highest BCUT2D eigenvalue weighted by molar-refractivity contribution is 6.20. The number of carbonyl (C=O) groups excluding carboxylic acids is 2. The molecule has 0 spiro atoms. The SMILES string of the molecule is O=C1CCC(=O)N1c1cccc(NCC(O)CCl)c1. The number of carbonyl (C=O) groups is 2. The molecule has 1 fully saturated rings. The maximum atomic E-state index is 11.6. The molecule has 1 unspecified atom stereocenters. The van der Waals surface area contributed by atoms with Gasteiger partial charge in [-0.15, -0.1) is 11.6 Å². The normalized spacial score (nSPS) is 16.8. The standard InChI is InChI=1S/C13H15ClN2O3/c14-7-11(17)8-15-9-2-1-3-10(6-9)16-12(18)4-5-13(16)19/h1-3,6,11,15,17H,4-5,7-8H2. The van der Waals surface area contributed by atoms with Crippen molar-refractivity contribution in [1.82, 2.24) is 0 Å². The molecule has 1 aromatic carbocycles. The molecule has 0 radical (unpaired) electrons. The van der Waals surface area contributed by atoms with Gasteiger partial charge in [-0.05, 0) is 18.2 Å². The summed E-state index contributed by atoms with van der Waals surface area (Å²) in [5, 5.41) is 12.4. The summed E-state index contributed by atoms with van der Waals surface area (Å²) in [6.07, 6.45) is -0.108. The summed E-state index contributed by atoms with van der Waals surface area (Å²) in [7, 11) is 0. The number of hydrogen-bond donors (Lipinski definition) is 2. The van der Waals surface area contributed by atoms with Gasteiger partial charge in [-0.1, -0.05) is 6.07 Å². The minimum absolute atomic E-state index is 0.149. The summed E-state index contributed by atoms with van der Waals surface area (Å²) >= 11 is 5.50. The van der Waals surface area contributed by atoms with Crippen LogP contribution in [-0.4, -0.2) is 35.4 Å². The Morgan fingerprint density at radius 2 is 2.00 bits per heavy atom. The Morgan fingerprint density at radius 3 is 2.63 bits per heavy atom. The first kappa shape index (κ1) is 13.8. The Bertz CT molecular complexity index is 477. The number of amides is 2. The zero-order chi connectivity index (χ0) is 13.8. The number of nitrogens with one attached hydrogen (secondary N) is 1. The van der Waals surface area contributed by atoms with Gasteiger partial charge in [0.05, 0.1) is 17.7 Å². The van der Waals surface area contributed by atoms with Crippen molar-refractivity contribution < 1.29 is 14.7 Å². The van der Waals surface area contributed by atoms with E-state index in [1.54, 1.807) is 24.3 Å². The van der Waals surface area contributed by atoms with Gasteiger partial charge in [-0.3, -0.25) is 14.5 Å². The Kier molecular flexibility index (Phi) is 4.39. The van der Waals surface area contributed by atoms with Crippen LogP contribution in [0.1, 0.15) is 12.8 Å². The number of halogens is 1. The lowest BCUT2D eigenvalue weighted by Gasteiger charge is -2.16. The van der Waals surface area contributed by atoms with Gasteiger partial charge in [-0.25, -0.2) is 0 Å². The zero-order valence-electron chi connectivity index (χ0n) is 10.3. The molecule has 5 nitrogen and oxygen atoms in total. The number of anilines is 2. The number of alkyl halides is 1. The van der Waals surface area contributed by atoms with Gasteiger partial charge in [0.25, 0.3) is 0 Å². The second-order valence-electron chi connectivity index (χ2n) is 4.36. The molecule has 1 heterocycles. The highest BCUT2D eigenvalue weighted by atomic mass is 35.5. The van der Waals surface area contributed by atoms with Crippen LogP contribution >= 0.6 is 11.6 Å². The van der Waals surface area contributed by atoms with Crippen molar-refractivity contribution in [3.8, 4) is 0 Å². The molecule has 0 saturated carbocycles. The lowest BCUT2D eigenvalue weighted by Crippen LogP contribution is -2.28. The number of aliphatic hydroxyl groups excluding tert-OH is 1. The number of imide groups is 1. The number of rotatable bonds is 5. The predicted octanol–water partition coefficient (Wildman–Crippen LogP) is 1.35. The Morgan fingerprint density at radius 1 is 1.32 bits per heavy atom. The molecule has 0 aliphatic carbocycles. The van der Waals surface area contributed by atoms with Crippen molar-refractivity contribution in [2.24, 2.45) is 0 Å². The molecule has 1 aliphatic heterocycles.